The minimum absolute atomic E-state index is 0.144. The van der Waals surface area contributed by atoms with Crippen molar-refractivity contribution in [1.82, 2.24) is 10.3 Å². The Balaban J connectivity index is 2.62. The molecular formula is C11H14Cl2N2O3. The molecule has 2 unspecified atom stereocenters. The fourth-order valence-electron chi connectivity index (χ4n) is 1.43. The van der Waals surface area contributed by atoms with Crippen molar-refractivity contribution in [3.63, 3.8) is 0 Å². The zero-order valence-electron chi connectivity index (χ0n) is 9.73. The Morgan fingerprint density at radius 2 is 1.94 bits per heavy atom. The Morgan fingerprint density at radius 1 is 1.39 bits per heavy atom. The maximum atomic E-state index is 10.7. The van der Waals surface area contributed by atoms with E-state index in [-0.39, 0.29) is 29.2 Å². The van der Waals surface area contributed by atoms with Crippen LogP contribution < -0.4 is 5.32 Å². The van der Waals surface area contributed by atoms with Crippen molar-refractivity contribution in [3.05, 3.63) is 28.0 Å². The summed E-state index contributed by atoms with van der Waals surface area (Å²) < 4.78 is 0. The van der Waals surface area contributed by atoms with Crippen LogP contribution in [-0.4, -0.2) is 33.8 Å². The first-order valence-electron chi connectivity index (χ1n) is 5.33. The monoisotopic (exact) mass is 292 g/mol. The number of halogens is 2. The third-order valence-corrected chi connectivity index (χ3v) is 2.69. The van der Waals surface area contributed by atoms with E-state index in [0.29, 0.717) is 5.56 Å². The highest BCUT2D eigenvalue weighted by Gasteiger charge is 2.19. The summed E-state index contributed by atoms with van der Waals surface area (Å²) in [5.74, 6) is -0.188. The quantitative estimate of drug-likeness (QED) is 0.715. The van der Waals surface area contributed by atoms with Crippen molar-refractivity contribution in [3.8, 4) is 0 Å². The molecule has 0 saturated carbocycles. The van der Waals surface area contributed by atoms with Gasteiger partial charge in [-0.1, -0.05) is 23.2 Å². The average molecular weight is 293 g/mol. The number of aliphatic hydroxyl groups is 2. The number of pyridine rings is 1. The number of rotatable bonds is 5. The van der Waals surface area contributed by atoms with Crippen molar-refractivity contribution >= 4 is 29.1 Å². The Labute approximate surface area is 115 Å². The molecule has 1 aromatic rings. The van der Waals surface area contributed by atoms with Gasteiger partial charge in [0.2, 0.25) is 5.91 Å². The van der Waals surface area contributed by atoms with Crippen molar-refractivity contribution in [2.24, 2.45) is 0 Å². The van der Waals surface area contributed by atoms with Crippen LogP contribution in [0.2, 0.25) is 10.3 Å². The van der Waals surface area contributed by atoms with E-state index in [4.69, 9.17) is 23.2 Å². The van der Waals surface area contributed by atoms with Gasteiger partial charge >= 0.3 is 0 Å². The summed E-state index contributed by atoms with van der Waals surface area (Å²) in [7, 11) is 0. The summed E-state index contributed by atoms with van der Waals surface area (Å²) in [5.41, 5.74) is 0.385. The maximum absolute atomic E-state index is 10.7. The largest absolute Gasteiger partial charge is 0.390 e. The molecule has 100 valence electrons. The van der Waals surface area contributed by atoms with Crippen molar-refractivity contribution in [2.75, 3.05) is 6.54 Å². The third kappa shape index (κ3) is 4.78. The standard InChI is InChI=1S/C11H14Cl2N2O3/c1-6(16)14-3-2-8(17)11(18)7-4-9(12)15-10(13)5-7/h4-5,8,11,17-18H,2-3H2,1H3,(H,14,16). The zero-order valence-corrected chi connectivity index (χ0v) is 11.2. The van der Waals surface area contributed by atoms with Gasteiger partial charge in [0.25, 0.3) is 0 Å². The Kier molecular flexibility index (Phi) is 5.81. The molecule has 1 heterocycles. The van der Waals surface area contributed by atoms with Crippen LogP contribution in [0.4, 0.5) is 0 Å². The Morgan fingerprint density at radius 3 is 2.44 bits per heavy atom. The third-order valence-electron chi connectivity index (χ3n) is 2.31. The number of aromatic nitrogens is 1. The van der Waals surface area contributed by atoms with Crippen LogP contribution in [0.1, 0.15) is 25.0 Å². The van der Waals surface area contributed by atoms with E-state index in [2.05, 4.69) is 10.3 Å². The van der Waals surface area contributed by atoms with Gasteiger partial charge in [-0.3, -0.25) is 4.79 Å². The molecule has 1 aromatic heterocycles. The molecule has 0 radical (unpaired) electrons. The number of nitrogens with zero attached hydrogens (tertiary/aromatic N) is 1. The van der Waals surface area contributed by atoms with Gasteiger partial charge in [-0.15, -0.1) is 0 Å². The lowest BCUT2D eigenvalue weighted by Gasteiger charge is -2.18. The highest BCUT2D eigenvalue weighted by molar-refractivity contribution is 6.32. The molecule has 1 amide bonds. The van der Waals surface area contributed by atoms with Gasteiger partial charge in [0.05, 0.1) is 6.10 Å². The summed E-state index contributed by atoms with van der Waals surface area (Å²) >= 11 is 11.4. The summed E-state index contributed by atoms with van der Waals surface area (Å²) in [4.78, 5) is 14.4. The van der Waals surface area contributed by atoms with Gasteiger partial charge in [-0.25, -0.2) is 4.98 Å². The van der Waals surface area contributed by atoms with Crippen molar-refractivity contribution in [1.29, 1.82) is 0 Å². The number of hydrogen-bond acceptors (Lipinski definition) is 4. The number of hydrogen-bond donors (Lipinski definition) is 3. The van der Waals surface area contributed by atoms with E-state index < -0.39 is 12.2 Å². The van der Waals surface area contributed by atoms with Crippen molar-refractivity contribution < 1.29 is 15.0 Å². The number of aliphatic hydroxyl groups excluding tert-OH is 2. The second kappa shape index (κ2) is 6.89. The molecule has 0 spiro atoms. The number of nitrogens with one attached hydrogen (secondary N) is 1. The van der Waals surface area contributed by atoms with Crippen LogP contribution in [0.15, 0.2) is 12.1 Å². The molecule has 18 heavy (non-hydrogen) atoms. The van der Waals surface area contributed by atoms with E-state index in [9.17, 15) is 15.0 Å². The first-order valence-corrected chi connectivity index (χ1v) is 6.09. The average Bonchev–Trinajstić information content (AvgIpc) is 2.26. The van der Waals surface area contributed by atoms with Gasteiger partial charge in [-0.05, 0) is 24.1 Å². The van der Waals surface area contributed by atoms with E-state index in [1.807, 2.05) is 0 Å². The molecule has 0 aliphatic rings. The molecule has 0 aliphatic carbocycles. The minimum atomic E-state index is -1.13. The molecule has 0 bridgehead atoms. The second-order valence-corrected chi connectivity index (χ2v) is 4.60. The summed E-state index contributed by atoms with van der Waals surface area (Å²) in [6.45, 7) is 1.66. The van der Waals surface area contributed by atoms with Gasteiger partial charge in [-0.2, -0.15) is 0 Å². The maximum Gasteiger partial charge on any atom is 0.216 e. The first-order chi connectivity index (χ1) is 8.40. The molecule has 0 fully saturated rings. The molecule has 0 saturated heterocycles. The lowest BCUT2D eigenvalue weighted by molar-refractivity contribution is -0.119. The highest BCUT2D eigenvalue weighted by atomic mass is 35.5. The molecule has 0 aliphatic heterocycles. The first kappa shape index (κ1) is 15.2. The molecule has 5 nitrogen and oxygen atoms in total. The highest BCUT2D eigenvalue weighted by Crippen LogP contribution is 2.23. The molecule has 1 rings (SSSR count). The van der Waals surface area contributed by atoms with E-state index in [0.717, 1.165) is 0 Å². The topological polar surface area (TPSA) is 82.5 Å². The van der Waals surface area contributed by atoms with Gasteiger partial charge in [0.15, 0.2) is 0 Å². The van der Waals surface area contributed by atoms with Crippen LogP contribution >= 0.6 is 23.2 Å². The number of carbonyl (C=O) groups is 1. The van der Waals surface area contributed by atoms with Crippen LogP contribution in [-0.2, 0) is 4.79 Å². The molecule has 2 atom stereocenters. The van der Waals surface area contributed by atoms with Crippen molar-refractivity contribution in [2.45, 2.75) is 25.6 Å². The number of carbonyl (C=O) groups excluding carboxylic acids is 1. The molecule has 0 aromatic carbocycles. The van der Waals surface area contributed by atoms with Crippen LogP contribution in [0.25, 0.3) is 0 Å². The van der Waals surface area contributed by atoms with Gasteiger partial charge in [0, 0.05) is 13.5 Å². The summed E-state index contributed by atoms with van der Waals surface area (Å²) in [6.07, 6.45) is -1.93. The predicted octanol–water partition coefficient (Wildman–Crippen LogP) is 1.31. The van der Waals surface area contributed by atoms with Crippen LogP contribution in [0.3, 0.4) is 0 Å². The lowest BCUT2D eigenvalue weighted by atomic mass is 10.0. The predicted molar refractivity (Wildman–Crippen MR) is 68.5 cm³/mol. The molecule has 7 heteroatoms. The SMILES string of the molecule is CC(=O)NCCC(O)C(O)c1cc(Cl)nc(Cl)c1. The summed E-state index contributed by atoms with van der Waals surface area (Å²) in [6, 6.07) is 2.86. The van der Waals surface area contributed by atoms with Crippen LogP contribution in [0, 0.1) is 0 Å². The summed E-state index contributed by atoms with van der Waals surface area (Å²) in [5, 5.41) is 22.5. The number of amides is 1. The molecular weight excluding hydrogens is 279 g/mol. The fraction of sp³-hybridized carbons (Fsp3) is 0.455. The van der Waals surface area contributed by atoms with Gasteiger partial charge < -0.3 is 15.5 Å². The fourth-order valence-corrected chi connectivity index (χ4v) is 1.91. The van der Waals surface area contributed by atoms with Crippen LogP contribution in [0.5, 0.6) is 0 Å². The second-order valence-electron chi connectivity index (χ2n) is 3.83. The van der Waals surface area contributed by atoms with E-state index in [1.165, 1.54) is 19.1 Å². The smallest absolute Gasteiger partial charge is 0.216 e. The van der Waals surface area contributed by atoms with Gasteiger partial charge in [0.1, 0.15) is 16.4 Å². The van der Waals surface area contributed by atoms with E-state index >= 15 is 0 Å². The molecule has 3 N–H and O–H groups in total. The minimum Gasteiger partial charge on any atom is -0.390 e. The van der Waals surface area contributed by atoms with E-state index in [1.54, 1.807) is 0 Å². The normalized spacial score (nSPS) is 14.1. The Hall–Kier alpha value is -0.880. The Bertz CT molecular complexity index is 408. The zero-order chi connectivity index (χ0) is 13.7. The lowest BCUT2D eigenvalue weighted by Crippen LogP contribution is -2.27.